The summed E-state index contributed by atoms with van der Waals surface area (Å²) in [5, 5.41) is 3.99. The number of rotatable bonds is 8. The zero-order valence-corrected chi connectivity index (χ0v) is 25.9. The van der Waals surface area contributed by atoms with Gasteiger partial charge in [-0.15, -0.1) is 0 Å². The quantitative estimate of drug-likeness (QED) is 0.262. The van der Waals surface area contributed by atoms with Gasteiger partial charge >= 0.3 is 5.97 Å². The Morgan fingerprint density at radius 2 is 2.02 bits per heavy atom. The number of ether oxygens (including phenoxy) is 3. The molecule has 0 saturated carbocycles. The number of nitrogens with zero attached hydrogens (tertiary/aromatic N) is 4. The largest absolute Gasteiger partial charge is 0.490 e. The van der Waals surface area contributed by atoms with Gasteiger partial charge in [0.05, 0.1) is 29.8 Å². The lowest BCUT2D eigenvalue weighted by Gasteiger charge is -2.25. The molecule has 1 aromatic heterocycles. The molecular formula is C31H39ClFN5O5. The number of carbonyl (C=O) groups excluding carboxylic acids is 2. The van der Waals surface area contributed by atoms with E-state index in [2.05, 4.69) is 20.2 Å². The van der Waals surface area contributed by atoms with E-state index in [4.69, 9.17) is 25.8 Å². The molecule has 12 heteroatoms. The van der Waals surface area contributed by atoms with E-state index in [1.807, 2.05) is 38.1 Å². The van der Waals surface area contributed by atoms with Crippen LogP contribution in [0, 0.1) is 5.82 Å². The molecule has 1 aliphatic heterocycles. The molecule has 2 heterocycles. The lowest BCUT2D eigenvalue weighted by Crippen LogP contribution is -2.35. The first-order chi connectivity index (χ1) is 20.6. The van der Waals surface area contributed by atoms with E-state index in [1.54, 1.807) is 0 Å². The lowest BCUT2D eigenvalue weighted by molar-refractivity contribution is -0.141. The minimum Gasteiger partial charge on any atom is -0.490 e. The monoisotopic (exact) mass is 615 g/mol. The van der Waals surface area contributed by atoms with Crippen molar-refractivity contribution in [1.29, 1.82) is 0 Å². The molecule has 43 heavy (non-hydrogen) atoms. The van der Waals surface area contributed by atoms with Crippen LogP contribution in [0.3, 0.4) is 0 Å². The zero-order chi connectivity index (χ0) is 30.9. The summed E-state index contributed by atoms with van der Waals surface area (Å²) in [5.74, 6) is 0.875. The van der Waals surface area contributed by atoms with Crippen molar-refractivity contribution in [2.24, 2.45) is 0 Å². The van der Waals surface area contributed by atoms with E-state index in [1.165, 1.54) is 25.4 Å². The zero-order valence-electron chi connectivity index (χ0n) is 25.1. The smallest absolute Gasteiger partial charge is 0.302 e. The van der Waals surface area contributed by atoms with Gasteiger partial charge in [0.1, 0.15) is 30.4 Å². The maximum atomic E-state index is 14.6. The molecule has 2 bridgehead atoms. The van der Waals surface area contributed by atoms with Gasteiger partial charge in [-0.2, -0.15) is 0 Å². The topological polar surface area (TPSA) is 106 Å². The van der Waals surface area contributed by atoms with Crippen LogP contribution in [-0.2, 0) is 20.9 Å². The molecule has 1 atom stereocenters. The third-order valence-corrected chi connectivity index (χ3v) is 7.73. The molecular weight excluding hydrogens is 577 g/mol. The van der Waals surface area contributed by atoms with Crippen LogP contribution >= 0.6 is 11.6 Å². The number of halogens is 2. The Hall–Kier alpha value is -3.54. The Morgan fingerprint density at radius 1 is 1.21 bits per heavy atom. The average molecular weight is 616 g/mol. The molecule has 232 valence electrons. The molecule has 4 rings (SSSR count). The number of hydrogen-bond acceptors (Lipinski definition) is 10. The second-order valence-corrected chi connectivity index (χ2v) is 11.2. The number of benzene rings is 2. The molecule has 0 aliphatic carbocycles. The first-order valence-electron chi connectivity index (χ1n) is 14.5. The van der Waals surface area contributed by atoms with Crippen LogP contribution < -0.4 is 14.8 Å². The van der Waals surface area contributed by atoms with Crippen LogP contribution in [0.2, 0.25) is 5.02 Å². The molecule has 0 fully saturated rings. The van der Waals surface area contributed by atoms with Crippen molar-refractivity contribution in [1.82, 2.24) is 19.8 Å². The number of fused-ring (bicyclic) bond motifs is 2. The number of likely N-dealkylation sites (N-methyl/N-ethyl adjacent to an activating group) is 2. The summed E-state index contributed by atoms with van der Waals surface area (Å²) in [5.41, 5.74) is 1.85. The fourth-order valence-corrected chi connectivity index (χ4v) is 4.93. The third kappa shape index (κ3) is 8.98. The van der Waals surface area contributed by atoms with Crippen molar-refractivity contribution in [2.75, 3.05) is 52.3 Å². The molecule has 0 radical (unpaired) electrons. The first-order valence-corrected chi connectivity index (χ1v) is 14.8. The normalized spacial score (nSPS) is 16.5. The molecule has 10 nitrogen and oxygen atoms in total. The Kier molecular flexibility index (Phi) is 11.5. The number of anilines is 2. The van der Waals surface area contributed by atoms with Gasteiger partial charge in [-0.25, -0.2) is 14.4 Å². The SMILES string of the molecule is CC(=O)OCCN(C)CCCOc1cc2ncnc3c2cc1OCCCCC(=O)[C@@H](C)N(C)Cc1cc(F)c(Cl)cc1N3. The van der Waals surface area contributed by atoms with E-state index in [9.17, 15) is 14.0 Å². The van der Waals surface area contributed by atoms with E-state index < -0.39 is 5.82 Å². The summed E-state index contributed by atoms with van der Waals surface area (Å²) >= 11 is 6.18. The fraction of sp³-hybridized carbons (Fsp3) is 0.484. The molecule has 3 aromatic rings. The Labute approximate surface area is 256 Å². The van der Waals surface area contributed by atoms with Crippen LogP contribution in [0.15, 0.2) is 30.6 Å². The highest BCUT2D eigenvalue weighted by atomic mass is 35.5. The summed E-state index contributed by atoms with van der Waals surface area (Å²) < 4.78 is 31.9. The fourth-order valence-electron chi connectivity index (χ4n) is 4.77. The molecule has 1 aliphatic rings. The second-order valence-electron chi connectivity index (χ2n) is 10.8. The van der Waals surface area contributed by atoms with E-state index in [-0.39, 0.29) is 22.8 Å². The van der Waals surface area contributed by atoms with Gasteiger partial charge in [-0.05, 0) is 64.0 Å². The Bertz CT molecular complexity index is 1440. The summed E-state index contributed by atoms with van der Waals surface area (Å²) in [6.45, 7) is 6.17. The van der Waals surface area contributed by atoms with Crippen molar-refractivity contribution in [3.8, 4) is 11.5 Å². The average Bonchev–Trinajstić information content (AvgIpc) is 2.96. The number of esters is 1. The maximum absolute atomic E-state index is 14.6. The van der Waals surface area contributed by atoms with E-state index in [0.29, 0.717) is 91.6 Å². The summed E-state index contributed by atoms with van der Waals surface area (Å²) in [4.78, 5) is 36.8. The number of aromatic nitrogens is 2. The van der Waals surface area contributed by atoms with Crippen molar-refractivity contribution in [3.05, 3.63) is 47.0 Å². The van der Waals surface area contributed by atoms with Gasteiger partial charge in [-0.1, -0.05) is 11.6 Å². The molecule has 0 saturated heterocycles. The highest BCUT2D eigenvalue weighted by molar-refractivity contribution is 6.31. The minimum absolute atomic E-state index is 0.0254. The summed E-state index contributed by atoms with van der Waals surface area (Å²) in [6, 6.07) is 6.23. The van der Waals surface area contributed by atoms with E-state index >= 15 is 0 Å². The van der Waals surface area contributed by atoms with Crippen molar-refractivity contribution < 1.29 is 28.2 Å². The van der Waals surface area contributed by atoms with Crippen LogP contribution in [0.25, 0.3) is 10.9 Å². The lowest BCUT2D eigenvalue weighted by atomic mass is 10.1. The Balaban J connectivity index is 1.60. The number of carbonyl (C=O) groups is 2. The molecule has 0 unspecified atom stereocenters. The van der Waals surface area contributed by atoms with Gasteiger partial charge in [0.15, 0.2) is 11.5 Å². The summed E-state index contributed by atoms with van der Waals surface area (Å²) in [6.07, 6.45) is 3.97. The van der Waals surface area contributed by atoms with Gasteiger partial charge in [-0.3, -0.25) is 14.5 Å². The number of hydrogen-bond donors (Lipinski definition) is 1. The van der Waals surface area contributed by atoms with Crippen LogP contribution in [0.5, 0.6) is 11.5 Å². The van der Waals surface area contributed by atoms with E-state index in [0.717, 1.165) is 13.0 Å². The maximum Gasteiger partial charge on any atom is 0.302 e. The third-order valence-electron chi connectivity index (χ3n) is 7.44. The van der Waals surface area contributed by atoms with Crippen molar-refractivity contribution >= 4 is 45.8 Å². The minimum atomic E-state index is -0.537. The molecule has 0 spiro atoms. The van der Waals surface area contributed by atoms with Crippen LogP contribution in [0.4, 0.5) is 15.9 Å². The standard InChI is InChI=1S/C31H39ClFN5O5/c1-20-28(40)8-5-6-11-42-29-15-23-27(17-30(29)43-12-7-9-37(3)10-13-41-21(2)39)34-19-35-31(23)36-26-16-24(32)25(33)14-22(26)18-38(20)4/h14-17,19-20H,5-13,18H2,1-4H3,(H,34,35,36)/t20-/m1/s1. The predicted molar refractivity (Wildman–Crippen MR) is 164 cm³/mol. The molecule has 1 N–H and O–H groups in total. The van der Waals surface area contributed by atoms with Crippen LogP contribution in [0.1, 0.15) is 45.1 Å². The molecule has 0 amide bonds. The van der Waals surface area contributed by atoms with Crippen LogP contribution in [-0.4, -0.2) is 84.6 Å². The van der Waals surface area contributed by atoms with Gasteiger partial charge in [0.25, 0.3) is 0 Å². The van der Waals surface area contributed by atoms with Gasteiger partial charge in [0.2, 0.25) is 0 Å². The number of nitrogens with one attached hydrogen (secondary N) is 1. The van der Waals surface area contributed by atoms with Gasteiger partial charge < -0.3 is 24.4 Å². The number of Topliss-reactive ketones (excluding diaryl/α,β-unsaturated/α-hetero) is 1. The summed E-state index contributed by atoms with van der Waals surface area (Å²) in [7, 11) is 3.81. The first kappa shape index (κ1) is 32.4. The van der Waals surface area contributed by atoms with Crippen molar-refractivity contribution in [2.45, 2.75) is 52.1 Å². The number of ketones is 1. The van der Waals surface area contributed by atoms with Crippen molar-refractivity contribution in [3.63, 3.8) is 0 Å². The highest BCUT2D eigenvalue weighted by Crippen LogP contribution is 2.36. The highest BCUT2D eigenvalue weighted by Gasteiger charge is 2.21. The molecule has 2 aromatic carbocycles. The van der Waals surface area contributed by atoms with Gasteiger partial charge in [0, 0.05) is 50.1 Å². The Morgan fingerprint density at radius 3 is 2.81 bits per heavy atom. The predicted octanol–water partition coefficient (Wildman–Crippen LogP) is 5.38. The second kappa shape index (κ2) is 15.3.